The number of hydroxylamine groups is 2. The smallest absolute Gasteiger partial charge is 0.284 e. The molecule has 1 unspecified atom stereocenters. The zero-order valence-electron chi connectivity index (χ0n) is 17.2. The van der Waals surface area contributed by atoms with Gasteiger partial charge >= 0.3 is 0 Å². The van der Waals surface area contributed by atoms with Crippen molar-refractivity contribution in [1.82, 2.24) is 14.9 Å². The molecule has 2 aliphatic heterocycles. The lowest BCUT2D eigenvalue weighted by molar-refractivity contribution is -0.251. The Hall–Kier alpha value is -2.45. The predicted molar refractivity (Wildman–Crippen MR) is 111 cm³/mol. The van der Waals surface area contributed by atoms with Crippen LogP contribution in [0.25, 0.3) is 0 Å². The molecule has 0 aromatic heterocycles. The third-order valence-electron chi connectivity index (χ3n) is 5.76. The number of likely N-dealkylation sites (N-methyl/N-ethyl adjacent to an activating group) is 1. The van der Waals surface area contributed by atoms with E-state index in [1.807, 2.05) is 30.3 Å². The number of carbonyl (C=O) groups is 1. The van der Waals surface area contributed by atoms with E-state index in [4.69, 9.17) is 9.57 Å². The number of piperazine rings is 1. The molecule has 1 fully saturated rings. The summed E-state index contributed by atoms with van der Waals surface area (Å²) < 4.78 is 5.85. The molecule has 7 heteroatoms. The number of amides is 1. The van der Waals surface area contributed by atoms with Crippen molar-refractivity contribution in [2.75, 3.05) is 52.8 Å². The molecule has 0 aliphatic carbocycles. The van der Waals surface area contributed by atoms with Crippen LogP contribution in [0.4, 0.5) is 5.69 Å². The number of benzene rings is 2. The van der Waals surface area contributed by atoms with Gasteiger partial charge in [0.15, 0.2) is 0 Å². The fourth-order valence-electron chi connectivity index (χ4n) is 4.02. The maximum absolute atomic E-state index is 13.0. The predicted octanol–water partition coefficient (Wildman–Crippen LogP) is 2.32. The van der Waals surface area contributed by atoms with Gasteiger partial charge in [-0.15, -0.1) is 0 Å². The van der Waals surface area contributed by atoms with Crippen LogP contribution in [-0.2, 0) is 22.0 Å². The first kappa shape index (κ1) is 19.8. The summed E-state index contributed by atoms with van der Waals surface area (Å²) in [4.78, 5) is 23.3. The van der Waals surface area contributed by atoms with Gasteiger partial charge in [0, 0.05) is 45.4 Å². The molecule has 1 saturated heterocycles. The molecule has 29 heavy (non-hydrogen) atoms. The highest BCUT2D eigenvalue weighted by atomic mass is 16.7. The zero-order valence-corrected chi connectivity index (χ0v) is 17.2. The minimum Gasteiger partial charge on any atom is -0.336 e. The van der Waals surface area contributed by atoms with Crippen LogP contribution >= 0.6 is 0 Å². The second kappa shape index (κ2) is 8.12. The Morgan fingerprint density at radius 3 is 2.34 bits per heavy atom. The Kier molecular flexibility index (Phi) is 5.56. The number of carbonyl (C=O) groups excluding carboxylic acids is 1. The Labute approximate surface area is 171 Å². The highest BCUT2D eigenvalue weighted by Crippen LogP contribution is 2.38. The molecule has 2 aliphatic rings. The van der Waals surface area contributed by atoms with Crippen molar-refractivity contribution in [3.63, 3.8) is 0 Å². The first-order chi connectivity index (χ1) is 14.1. The van der Waals surface area contributed by atoms with Gasteiger partial charge in [-0.2, -0.15) is 5.06 Å². The van der Waals surface area contributed by atoms with Gasteiger partial charge in [-0.25, -0.2) is 0 Å². The van der Waals surface area contributed by atoms with E-state index < -0.39 is 5.85 Å². The first-order valence-corrected chi connectivity index (χ1v) is 9.89. The molecule has 4 rings (SSSR count). The number of anilines is 1. The minimum atomic E-state index is -1.23. The summed E-state index contributed by atoms with van der Waals surface area (Å²) in [5.74, 6) is -1.47. The lowest BCUT2D eigenvalue weighted by atomic mass is 10.0. The van der Waals surface area contributed by atoms with Crippen molar-refractivity contribution >= 4 is 11.6 Å². The molecule has 0 spiro atoms. The van der Waals surface area contributed by atoms with Gasteiger partial charge in [-0.05, 0) is 24.7 Å². The number of fused-ring (bicyclic) bond motifs is 1. The van der Waals surface area contributed by atoms with Gasteiger partial charge in [0.2, 0.25) is 0 Å². The van der Waals surface area contributed by atoms with Crippen LogP contribution in [0.5, 0.6) is 0 Å². The number of hydrogen-bond donors (Lipinski definition) is 1. The van der Waals surface area contributed by atoms with Crippen LogP contribution in [0.2, 0.25) is 0 Å². The summed E-state index contributed by atoms with van der Waals surface area (Å²) in [6, 6.07) is 15.5. The molecule has 2 aromatic carbocycles. The maximum atomic E-state index is 13.0. The first-order valence-electron chi connectivity index (χ1n) is 9.89. The van der Waals surface area contributed by atoms with Crippen molar-refractivity contribution in [1.29, 1.82) is 0 Å². The monoisotopic (exact) mass is 396 g/mol. The average molecular weight is 396 g/mol. The number of nitrogens with zero attached hydrogens (tertiary/aromatic N) is 3. The van der Waals surface area contributed by atoms with E-state index in [2.05, 4.69) is 34.3 Å². The third kappa shape index (κ3) is 3.62. The van der Waals surface area contributed by atoms with E-state index in [0.717, 1.165) is 38.3 Å². The second-order valence-electron chi connectivity index (χ2n) is 7.58. The minimum absolute atomic E-state index is 0.245. The Balaban J connectivity index is 1.60. The molecule has 1 atom stereocenters. The molecule has 1 N–H and O–H groups in total. The summed E-state index contributed by atoms with van der Waals surface area (Å²) in [6.45, 7) is 5.25. The number of methoxy groups -OCH3 is 1. The van der Waals surface area contributed by atoms with E-state index in [-0.39, 0.29) is 5.91 Å². The van der Waals surface area contributed by atoms with Crippen LogP contribution in [0, 0.1) is 0 Å². The molecule has 0 saturated carbocycles. The normalized spacial score (nSPS) is 23.0. The van der Waals surface area contributed by atoms with Crippen LogP contribution in [0.15, 0.2) is 48.5 Å². The number of hydrogen-bond acceptors (Lipinski definition) is 6. The molecule has 1 amide bonds. The van der Waals surface area contributed by atoms with Gasteiger partial charge in [0.05, 0.1) is 18.4 Å². The van der Waals surface area contributed by atoms with Crippen LogP contribution in [0.1, 0.15) is 21.5 Å². The van der Waals surface area contributed by atoms with Crippen molar-refractivity contribution in [3.05, 3.63) is 65.2 Å². The van der Waals surface area contributed by atoms with Crippen LogP contribution in [0.3, 0.4) is 0 Å². The van der Waals surface area contributed by atoms with Gasteiger partial charge in [-0.3, -0.25) is 14.5 Å². The summed E-state index contributed by atoms with van der Waals surface area (Å²) in [6.07, 6.45) is 0. The molecule has 0 radical (unpaired) electrons. The van der Waals surface area contributed by atoms with Crippen molar-refractivity contribution < 1.29 is 14.4 Å². The van der Waals surface area contributed by atoms with E-state index >= 15 is 0 Å². The summed E-state index contributed by atoms with van der Waals surface area (Å²) in [5, 5.41) is 4.61. The van der Waals surface area contributed by atoms with E-state index in [1.165, 1.54) is 17.7 Å². The zero-order chi connectivity index (χ0) is 20.4. The summed E-state index contributed by atoms with van der Waals surface area (Å²) in [7, 11) is 5.20. The maximum Gasteiger partial charge on any atom is 0.284 e. The van der Waals surface area contributed by atoms with Gasteiger partial charge in [-0.1, -0.05) is 36.4 Å². The average Bonchev–Trinajstić information content (AvgIpc) is 2.76. The number of rotatable bonds is 5. The lowest BCUT2D eigenvalue weighted by Gasteiger charge is -2.45. The van der Waals surface area contributed by atoms with Crippen LogP contribution < -0.4 is 5.32 Å². The Morgan fingerprint density at radius 1 is 1.00 bits per heavy atom. The Morgan fingerprint density at radius 2 is 1.69 bits per heavy atom. The highest BCUT2D eigenvalue weighted by molar-refractivity contribution is 6.01. The van der Waals surface area contributed by atoms with Crippen LogP contribution in [-0.4, -0.2) is 68.2 Å². The standard InChI is InChI=1S/C22H28N4O3/c1-24-12-14-25(15-13-24)16-17-8-10-18(11-9-17)22(28-2)23-20-7-5-4-6-19(20)21(27)26(22)29-3/h4-11,23H,12-16H2,1-3H3. The molecular weight excluding hydrogens is 368 g/mol. The third-order valence-corrected chi connectivity index (χ3v) is 5.76. The van der Waals surface area contributed by atoms with Gasteiger partial charge in [0.25, 0.3) is 11.8 Å². The van der Waals surface area contributed by atoms with E-state index in [1.54, 1.807) is 13.2 Å². The highest BCUT2D eigenvalue weighted by Gasteiger charge is 2.48. The molecule has 7 nitrogen and oxygen atoms in total. The van der Waals surface area contributed by atoms with Gasteiger partial charge in [0.1, 0.15) is 0 Å². The molecule has 154 valence electrons. The Bertz CT molecular complexity index is 865. The molecule has 0 bridgehead atoms. The topological polar surface area (TPSA) is 57.3 Å². The van der Waals surface area contributed by atoms with Crippen molar-refractivity contribution in [2.45, 2.75) is 12.4 Å². The number of ether oxygens (including phenoxy) is 1. The number of nitrogens with one attached hydrogen (secondary N) is 1. The SMILES string of the molecule is CON1C(=O)c2ccccc2NC1(OC)c1ccc(CN2CCN(C)CC2)cc1. The molecule has 2 heterocycles. The van der Waals surface area contributed by atoms with Gasteiger partial charge < -0.3 is 15.0 Å². The van der Waals surface area contributed by atoms with E-state index in [0.29, 0.717) is 11.3 Å². The molecule has 2 aromatic rings. The lowest BCUT2D eigenvalue weighted by Crippen LogP contribution is -2.58. The van der Waals surface area contributed by atoms with E-state index in [9.17, 15) is 4.79 Å². The summed E-state index contributed by atoms with van der Waals surface area (Å²) >= 11 is 0. The fraction of sp³-hybridized carbons (Fsp3) is 0.409. The fourth-order valence-corrected chi connectivity index (χ4v) is 4.02. The largest absolute Gasteiger partial charge is 0.336 e. The second-order valence-corrected chi connectivity index (χ2v) is 7.58. The quantitative estimate of drug-likeness (QED) is 0.837. The van der Waals surface area contributed by atoms with Crippen molar-refractivity contribution in [3.8, 4) is 0 Å². The summed E-state index contributed by atoms with van der Waals surface area (Å²) in [5.41, 5.74) is 3.30. The number of para-hydroxylation sites is 1. The van der Waals surface area contributed by atoms with Crippen molar-refractivity contribution in [2.24, 2.45) is 0 Å². The molecular formula is C22H28N4O3.